The molecule has 37 heavy (non-hydrogen) atoms. The Morgan fingerprint density at radius 2 is 1.54 bits per heavy atom. The third-order valence-corrected chi connectivity index (χ3v) is 9.98. The number of carbonyl (C=O) groups is 1. The molecule has 1 heterocycles. The second-order valence-electron chi connectivity index (χ2n) is 7.85. The van der Waals surface area contributed by atoms with E-state index in [-0.39, 0.29) is 68.1 Å². The zero-order valence-electron chi connectivity index (χ0n) is 18.9. The molecule has 0 spiro atoms. The maximum atomic E-state index is 13.0. The Morgan fingerprint density at radius 3 is 2.22 bits per heavy atom. The molecule has 3 aromatic carbocycles. The predicted molar refractivity (Wildman–Crippen MR) is 143 cm³/mol. The first-order valence-electron chi connectivity index (χ1n) is 10.7. The summed E-state index contributed by atoms with van der Waals surface area (Å²) in [5.41, 5.74) is 0.472. The highest BCUT2D eigenvalue weighted by molar-refractivity contribution is 7.92. The van der Waals surface area contributed by atoms with Gasteiger partial charge in [0.15, 0.2) is 0 Å². The Hall–Kier alpha value is -2.38. The van der Waals surface area contributed by atoms with Gasteiger partial charge in [-0.2, -0.15) is 4.31 Å². The van der Waals surface area contributed by atoms with Crippen LogP contribution in [0, 0.1) is 0 Å². The number of morpholine rings is 1. The molecular formula is C23H20Cl3N3O6S2. The lowest BCUT2D eigenvalue weighted by Crippen LogP contribution is -2.40. The second kappa shape index (κ2) is 11.2. The molecule has 1 fully saturated rings. The maximum Gasteiger partial charge on any atom is 0.261 e. The van der Waals surface area contributed by atoms with Crippen LogP contribution >= 0.6 is 34.8 Å². The zero-order chi connectivity index (χ0) is 26.8. The van der Waals surface area contributed by atoms with E-state index in [2.05, 4.69) is 10.0 Å². The number of hydrogen-bond donors (Lipinski definition) is 2. The molecule has 0 aromatic heterocycles. The zero-order valence-corrected chi connectivity index (χ0v) is 22.8. The van der Waals surface area contributed by atoms with E-state index >= 15 is 0 Å². The lowest BCUT2D eigenvalue weighted by atomic mass is 10.2. The van der Waals surface area contributed by atoms with Gasteiger partial charge in [-0.15, -0.1) is 0 Å². The van der Waals surface area contributed by atoms with Crippen molar-refractivity contribution >= 4 is 72.1 Å². The number of carbonyl (C=O) groups excluding carboxylic acids is 1. The average molecular weight is 605 g/mol. The monoisotopic (exact) mass is 603 g/mol. The predicted octanol–water partition coefficient (Wildman–Crippen LogP) is 4.72. The minimum atomic E-state index is -3.99. The number of benzene rings is 3. The quantitative estimate of drug-likeness (QED) is 0.403. The normalized spacial score (nSPS) is 14.8. The van der Waals surface area contributed by atoms with Crippen LogP contribution in [0.25, 0.3) is 0 Å². The van der Waals surface area contributed by atoms with Gasteiger partial charge in [0.2, 0.25) is 10.0 Å². The van der Waals surface area contributed by atoms with Gasteiger partial charge in [-0.1, -0.05) is 40.9 Å². The Balaban J connectivity index is 1.50. The SMILES string of the molecule is O=C(Nc1ccc(S(=O)(=O)Nc2cccc(Cl)c2Cl)cc1)c1ccc(Cl)c(S(=O)(=O)N2CCOCC2)c1. The van der Waals surface area contributed by atoms with Gasteiger partial charge >= 0.3 is 0 Å². The lowest BCUT2D eigenvalue weighted by molar-refractivity contribution is 0.0730. The van der Waals surface area contributed by atoms with Crippen molar-refractivity contribution in [3.8, 4) is 0 Å². The van der Waals surface area contributed by atoms with E-state index in [0.29, 0.717) is 0 Å². The minimum Gasteiger partial charge on any atom is -0.379 e. The van der Waals surface area contributed by atoms with Crippen molar-refractivity contribution in [1.82, 2.24) is 4.31 Å². The van der Waals surface area contributed by atoms with E-state index in [9.17, 15) is 21.6 Å². The summed E-state index contributed by atoms with van der Waals surface area (Å²) in [6.07, 6.45) is 0. The van der Waals surface area contributed by atoms with E-state index in [0.717, 1.165) is 0 Å². The first-order valence-corrected chi connectivity index (χ1v) is 14.8. The number of anilines is 2. The fourth-order valence-corrected chi connectivity index (χ4v) is 6.86. The van der Waals surface area contributed by atoms with Crippen LogP contribution in [0.15, 0.2) is 70.5 Å². The summed E-state index contributed by atoms with van der Waals surface area (Å²) in [6, 6.07) is 13.9. The molecule has 0 atom stereocenters. The summed E-state index contributed by atoms with van der Waals surface area (Å²) >= 11 is 18.2. The minimum absolute atomic E-state index is 0.00934. The van der Waals surface area contributed by atoms with Crippen molar-refractivity contribution in [2.24, 2.45) is 0 Å². The summed E-state index contributed by atoms with van der Waals surface area (Å²) in [7, 11) is -7.91. The van der Waals surface area contributed by atoms with Crippen LogP contribution in [-0.2, 0) is 24.8 Å². The molecule has 1 saturated heterocycles. The highest BCUT2D eigenvalue weighted by atomic mass is 35.5. The number of nitrogens with zero attached hydrogens (tertiary/aromatic N) is 1. The molecule has 0 bridgehead atoms. The van der Waals surface area contributed by atoms with Crippen LogP contribution in [-0.4, -0.2) is 53.4 Å². The van der Waals surface area contributed by atoms with Crippen LogP contribution < -0.4 is 10.0 Å². The molecular weight excluding hydrogens is 585 g/mol. The van der Waals surface area contributed by atoms with Gasteiger partial charge in [0.05, 0.1) is 38.9 Å². The maximum absolute atomic E-state index is 13.0. The summed E-state index contributed by atoms with van der Waals surface area (Å²) < 4.78 is 60.3. The molecule has 196 valence electrons. The van der Waals surface area contributed by atoms with Crippen molar-refractivity contribution < 1.29 is 26.4 Å². The highest BCUT2D eigenvalue weighted by Gasteiger charge is 2.29. The van der Waals surface area contributed by atoms with Gasteiger partial charge in [0.25, 0.3) is 15.9 Å². The molecule has 4 rings (SSSR count). The third kappa shape index (κ3) is 6.20. The number of rotatable bonds is 7. The molecule has 3 aromatic rings. The second-order valence-corrected chi connectivity index (χ2v) is 12.6. The topological polar surface area (TPSA) is 122 Å². The van der Waals surface area contributed by atoms with E-state index < -0.39 is 26.0 Å². The molecule has 2 N–H and O–H groups in total. The van der Waals surface area contributed by atoms with Crippen LogP contribution in [0.5, 0.6) is 0 Å². The number of nitrogens with one attached hydrogen (secondary N) is 2. The van der Waals surface area contributed by atoms with Crippen molar-refractivity contribution in [2.45, 2.75) is 9.79 Å². The average Bonchev–Trinajstić information content (AvgIpc) is 2.87. The Morgan fingerprint density at radius 1 is 0.865 bits per heavy atom. The van der Waals surface area contributed by atoms with Gasteiger partial charge < -0.3 is 10.1 Å². The number of amides is 1. The molecule has 1 amide bonds. The van der Waals surface area contributed by atoms with E-state index in [1.54, 1.807) is 6.07 Å². The van der Waals surface area contributed by atoms with Crippen LogP contribution in [0.4, 0.5) is 11.4 Å². The molecule has 0 aliphatic carbocycles. The lowest BCUT2D eigenvalue weighted by Gasteiger charge is -2.26. The van der Waals surface area contributed by atoms with Crippen molar-refractivity contribution in [1.29, 1.82) is 0 Å². The van der Waals surface area contributed by atoms with E-state index in [1.165, 1.54) is 58.9 Å². The van der Waals surface area contributed by atoms with Crippen LogP contribution in [0.1, 0.15) is 10.4 Å². The fourth-order valence-electron chi connectivity index (χ4n) is 3.48. The van der Waals surface area contributed by atoms with E-state index in [1.807, 2.05) is 0 Å². The third-order valence-electron chi connectivity index (χ3n) is 5.40. The van der Waals surface area contributed by atoms with Gasteiger partial charge in [0, 0.05) is 24.3 Å². The fraction of sp³-hybridized carbons (Fsp3) is 0.174. The largest absolute Gasteiger partial charge is 0.379 e. The van der Waals surface area contributed by atoms with Crippen LogP contribution in [0.2, 0.25) is 15.1 Å². The number of sulfonamides is 2. The molecule has 0 radical (unpaired) electrons. The molecule has 0 unspecified atom stereocenters. The smallest absolute Gasteiger partial charge is 0.261 e. The molecule has 14 heteroatoms. The standard InChI is InChI=1S/C23H20Cl3N3O6S2/c24-18-9-4-15(14-21(18)37(33,34)29-10-12-35-13-11-29)23(30)27-16-5-7-17(8-6-16)36(31,32)28-20-3-1-2-19(25)22(20)26/h1-9,14,28H,10-13H2,(H,27,30). The highest BCUT2D eigenvalue weighted by Crippen LogP contribution is 2.31. The summed E-state index contributed by atoms with van der Waals surface area (Å²) in [6.45, 7) is 0.903. The molecule has 1 aliphatic rings. The number of ether oxygens (including phenoxy) is 1. The first kappa shape index (κ1) is 27.6. The molecule has 1 aliphatic heterocycles. The van der Waals surface area contributed by atoms with Crippen molar-refractivity contribution in [2.75, 3.05) is 36.3 Å². The Kier molecular flexibility index (Phi) is 8.34. The van der Waals surface area contributed by atoms with Crippen molar-refractivity contribution in [3.63, 3.8) is 0 Å². The molecule has 0 saturated carbocycles. The van der Waals surface area contributed by atoms with Crippen molar-refractivity contribution in [3.05, 3.63) is 81.3 Å². The summed E-state index contributed by atoms with van der Waals surface area (Å²) in [4.78, 5) is 12.6. The van der Waals surface area contributed by atoms with Gasteiger partial charge in [-0.05, 0) is 54.6 Å². The Bertz CT molecular complexity index is 1540. The van der Waals surface area contributed by atoms with Crippen LogP contribution in [0.3, 0.4) is 0 Å². The van der Waals surface area contributed by atoms with Gasteiger partial charge in [-0.25, -0.2) is 16.8 Å². The van der Waals surface area contributed by atoms with Gasteiger partial charge in [-0.3, -0.25) is 9.52 Å². The van der Waals surface area contributed by atoms with Gasteiger partial charge in [0.1, 0.15) is 4.90 Å². The first-order chi connectivity index (χ1) is 17.5. The van der Waals surface area contributed by atoms with E-state index in [4.69, 9.17) is 39.5 Å². The molecule has 9 nitrogen and oxygen atoms in total. The summed E-state index contributed by atoms with van der Waals surface area (Å²) in [5, 5.41) is 2.87. The summed E-state index contributed by atoms with van der Waals surface area (Å²) in [5.74, 6) is -0.602. The Labute approximate surface area is 229 Å². The number of halogens is 3. The number of hydrogen-bond acceptors (Lipinski definition) is 6.